The first-order valence-corrected chi connectivity index (χ1v) is 12.6. The molecule has 0 aliphatic carbocycles. The van der Waals surface area contributed by atoms with Gasteiger partial charge in [-0.05, 0) is 32.8 Å². The van der Waals surface area contributed by atoms with E-state index in [4.69, 9.17) is 15.3 Å². The van der Waals surface area contributed by atoms with E-state index in [9.17, 15) is 4.79 Å². The number of piperazine rings is 1. The van der Waals surface area contributed by atoms with Crippen LogP contribution in [0.4, 0.5) is 5.69 Å². The molecule has 0 N–H and O–H groups in total. The number of aromatic nitrogens is 6. The number of rotatable bonds is 6. The molecule has 0 spiro atoms. The Balaban J connectivity index is 1.51. The van der Waals surface area contributed by atoms with Crippen LogP contribution in [-0.2, 0) is 13.6 Å². The summed E-state index contributed by atoms with van der Waals surface area (Å²) in [6, 6.07) is 6.56. The number of hydrogen-bond acceptors (Lipinski definition) is 7. The third-order valence-electron chi connectivity index (χ3n) is 7.65. The quantitative estimate of drug-likeness (QED) is 0.412. The third kappa shape index (κ3) is 3.93. The van der Waals surface area contributed by atoms with Crippen molar-refractivity contribution in [2.75, 3.05) is 18.0 Å². The van der Waals surface area contributed by atoms with Crippen LogP contribution in [0.5, 0.6) is 0 Å². The minimum absolute atomic E-state index is 0.0682. The highest BCUT2D eigenvalue weighted by Gasteiger charge is 2.36. The Hall–Kier alpha value is -3.71. The predicted octanol–water partition coefficient (Wildman–Crippen LogP) is 3.05. The summed E-state index contributed by atoms with van der Waals surface area (Å²) in [5, 5.41) is 18.2. The first-order chi connectivity index (χ1) is 17.4. The van der Waals surface area contributed by atoms with Crippen molar-refractivity contribution >= 4 is 22.4 Å². The van der Waals surface area contributed by atoms with Gasteiger partial charge in [-0.1, -0.05) is 13.8 Å². The molecule has 1 aliphatic heterocycles. The fourth-order valence-corrected chi connectivity index (χ4v) is 5.47. The summed E-state index contributed by atoms with van der Waals surface area (Å²) in [4.78, 5) is 22.8. The van der Waals surface area contributed by atoms with Gasteiger partial charge in [-0.2, -0.15) is 15.5 Å². The van der Waals surface area contributed by atoms with Gasteiger partial charge < -0.3 is 9.47 Å². The van der Waals surface area contributed by atoms with Gasteiger partial charge in [-0.15, -0.1) is 0 Å². The Morgan fingerprint density at radius 1 is 1.22 bits per heavy atom. The second kappa shape index (κ2) is 9.39. The lowest BCUT2D eigenvalue weighted by atomic mass is 9.98. The summed E-state index contributed by atoms with van der Waals surface area (Å²) in [5.41, 5.74) is 5.31. The largest absolute Gasteiger partial charge is 0.364 e. The number of nitrogens with zero attached hydrogens (tertiary/aromatic N) is 9. The molecule has 10 heteroatoms. The van der Waals surface area contributed by atoms with Crippen LogP contribution in [0.1, 0.15) is 50.9 Å². The summed E-state index contributed by atoms with van der Waals surface area (Å²) < 4.78 is 5.04. The first-order valence-electron chi connectivity index (χ1n) is 12.6. The Bertz CT molecular complexity index is 1510. The monoisotopic (exact) mass is 487 g/mol. The molecule has 0 aromatic carbocycles. The zero-order valence-electron chi connectivity index (χ0n) is 21.6. The van der Waals surface area contributed by atoms with Gasteiger partial charge in [0.15, 0.2) is 5.65 Å². The van der Waals surface area contributed by atoms with Crippen molar-refractivity contribution < 1.29 is 0 Å². The van der Waals surface area contributed by atoms with E-state index in [2.05, 4.69) is 47.8 Å². The van der Waals surface area contributed by atoms with Crippen molar-refractivity contribution in [1.29, 1.82) is 5.26 Å². The number of fused-ring (bicyclic) bond motifs is 2. The molecule has 1 saturated heterocycles. The number of aryl methyl sites for hydroxylation is 2. The van der Waals surface area contributed by atoms with Crippen molar-refractivity contribution in [2.24, 2.45) is 7.05 Å². The molecule has 36 heavy (non-hydrogen) atoms. The van der Waals surface area contributed by atoms with E-state index in [-0.39, 0.29) is 30.2 Å². The molecular formula is C26H33N9O. The maximum atomic E-state index is 12.9. The lowest BCUT2D eigenvalue weighted by Gasteiger charge is -2.49. The molecule has 0 unspecified atom stereocenters. The van der Waals surface area contributed by atoms with Crippen LogP contribution in [0.3, 0.4) is 0 Å². The van der Waals surface area contributed by atoms with Gasteiger partial charge in [0.1, 0.15) is 12.1 Å². The zero-order valence-corrected chi connectivity index (χ0v) is 21.6. The molecule has 10 nitrogen and oxygen atoms in total. The second-order valence-electron chi connectivity index (χ2n) is 9.74. The van der Waals surface area contributed by atoms with Crippen LogP contribution in [0, 0.1) is 18.3 Å². The molecule has 3 atom stereocenters. The third-order valence-corrected chi connectivity index (χ3v) is 7.65. The average molecular weight is 488 g/mol. The van der Waals surface area contributed by atoms with E-state index in [1.54, 1.807) is 28.6 Å². The molecule has 0 radical (unpaired) electrons. The van der Waals surface area contributed by atoms with E-state index in [0.29, 0.717) is 0 Å². The van der Waals surface area contributed by atoms with Crippen LogP contribution in [-0.4, -0.2) is 59.0 Å². The normalized spacial score (nSPS) is 19.7. The molecule has 5 heterocycles. The standard InChI is InChI=1S/C26H33N9O/c1-6-19-15-34(22-12-24(36)31(5)23-16-32(11-9-27)30-25(22)23)20(7-2)14-33(19)18(4)21-8-10-35-26(29-21)17(3)13-28-35/h8,10,12-13,16,18-20H,6-7,11,14-15H2,1-5H3/t18-,19-,20+/m1/s1. The Labute approximate surface area is 210 Å². The summed E-state index contributed by atoms with van der Waals surface area (Å²) in [6.07, 6.45) is 7.54. The van der Waals surface area contributed by atoms with Crippen LogP contribution in [0.2, 0.25) is 0 Å². The molecule has 0 saturated carbocycles. The predicted molar refractivity (Wildman–Crippen MR) is 139 cm³/mol. The lowest BCUT2D eigenvalue weighted by molar-refractivity contribution is 0.0992. The van der Waals surface area contributed by atoms with Crippen molar-refractivity contribution in [1.82, 2.24) is 33.8 Å². The van der Waals surface area contributed by atoms with Gasteiger partial charge >= 0.3 is 0 Å². The molecule has 4 aromatic rings. The summed E-state index contributed by atoms with van der Waals surface area (Å²) in [5.74, 6) is 0. The van der Waals surface area contributed by atoms with Crippen molar-refractivity contribution in [3.05, 3.63) is 52.3 Å². The maximum Gasteiger partial charge on any atom is 0.252 e. The fourth-order valence-electron chi connectivity index (χ4n) is 5.47. The van der Waals surface area contributed by atoms with Crippen LogP contribution >= 0.6 is 0 Å². The highest BCUT2D eigenvalue weighted by atomic mass is 16.1. The number of pyridine rings is 1. The topological polar surface area (TPSA) is 100 Å². The van der Waals surface area contributed by atoms with E-state index in [0.717, 1.165) is 59.6 Å². The van der Waals surface area contributed by atoms with Crippen LogP contribution in [0.15, 0.2) is 35.5 Å². The van der Waals surface area contributed by atoms with Gasteiger partial charge in [0.05, 0.1) is 35.4 Å². The second-order valence-corrected chi connectivity index (χ2v) is 9.74. The van der Waals surface area contributed by atoms with Crippen molar-refractivity contribution in [3.63, 3.8) is 0 Å². The summed E-state index contributed by atoms with van der Waals surface area (Å²) >= 11 is 0. The molecule has 1 aliphatic rings. The van der Waals surface area contributed by atoms with Crippen LogP contribution < -0.4 is 10.5 Å². The van der Waals surface area contributed by atoms with Gasteiger partial charge in [-0.25, -0.2) is 9.50 Å². The number of hydrogen-bond donors (Lipinski definition) is 0. The van der Waals surface area contributed by atoms with Crippen molar-refractivity contribution in [3.8, 4) is 6.07 Å². The zero-order chi connectivity index (χ0) is 25.6. The smallest absolute Gasteiger partial charge is 0.252 e. The molecule has 4 aromatic heterocycles. The van der Waals surface area contributed by atoms with Gasteiger partial charge in [0.25, 0.3) is 5.56 Å². The molecule has 5 rings (SSSR count). The van der Waals surface area contributed by atoms with Gasteiger partial charge in [0.2, 0.25) is 0 Å². The average Bonchev–Trinajstić information content (AvgIpc) is 3.48. The SMILES string of the molecule is CC[C@H]1CN([C@H](C)c2ccn3ncc(C)c3n2)[C@H](CC)CN1c1cc(=O)n(C)c2cn(CC#N)nc12. The highest BCUT2D eigenvalue weighted by molar-refractivity contribution is 5.88. The molecule has 1 fully saturated rings. The van der Waals surface area contributed by atoms with E-state index in [1.165, 1.54) is 0 Å². The lowest BCUT2D eigenvalue weighted by Crippen LogP contribution is -2.59. The highest BCUT2D eigenvalue weighted by Crippen LogP contribution is 2.34. The van der Waals surface area contributed by atoms with Crippen LogP contribution in [0.25, 0.3) is 16.7 Å². The van der Waals surface area contributed by atoms with Gasteiger partial charge in [-0.3, -0.25) is 14.4 Å². The first kappa shape index (κ1) is 24.0. The van der Waals surface area contributed by atoms with E-state index >= 15 is 0 Å². The Morgan fingerprint density at radius 2 is 2.00 bits per heavy atom. The summed E-state index contributed by atoms with van der Waals surface area (Å²) in [7, 11) is 1.75. The Morgan fingerprint density at radius 3 is 2.72 bits per heavy atom. The maximum absolute atomic E-state index is 12.9. The molecule has 0 bridgehead atoms. The van der Waals surface area contributed by atoms with Gasteiger partial charge in [0, 0.05) is 56.1 Å². The summed E-state index contributed by atoms with van der Waals surface area (Å²) in [6.45, 7) is 10.5. The fraction of sp³-hybridized carbons (Fsp3) is 0.500. The molecule has 0 amide bonds. The number of anilines is 1. The minimum Gasteiger partial charge on any atom is -0.364 e. The molecular weight excluding hydrogens is 454 g/mol. The van der Waals surface area contributed by atoms with E-state index in [1.807, 2.05) is 23.8 Å². The molecule has 188 valence electrons. The van der Waals surface area contributed by atoms with E-state index < -0.39 is 0 Å². The minimum atomic E-state index is -0.0682. The Kier molecular flexibility index (Phi) is 6.26. The number of nitriles is 1. The van der Waals surface area contributed by atoms with Crippen molar-refractivity contribution in [2.45, 2.75) is 65.2 Å².